The molecule has 1 aromatic carbocycles. The predicted molar refractivity (Wildman–Crippen MR) is 67.8 cm³/mol. The molecular formula is C13H10BrF2NO. The summed E-state index contributed by atoms with van der Waals surface area (Å²) in [4.78, 5) is 3.57. The predicted octanol–water partition coefficient (Wildman–Crippen LogP) is 4.53. The largest absolute Gasteiger partial charge is 0.436 e. The van der Waals surface area contributed by atoms with Gasteiger partial charge in [-0.3, -0.25) is 0 Å². The SMILES string of the molecule is Cc1cc(Oc2ncc(F)cc2F)cc(C)c1Br. The molecule has 0 saturated carbocycles. The molecule has 0 saturated heterocycles. The van der Waals surface area contributed by atoms with Crippen molar-refractivity contribution in [2.45, 2.75) is 13.8 Å². The molecule has 1 heterocycles. The number of nitrogens with zero attached hydrogens (tertiary/aromatic N) is 1. The van der Waals surface area contributed by atoms with Crippen LogP contribution in [-0.2, 0) is 0 Å². The van der Waals surface area contributed by atoms with E-state index in [2.05, 4.69) is 20.9 Å². The first-order chi connectivity index (χ1) is 8.47. The summed E-state index contributed by atoms with van der Waals surface area (Å²) in [6.45, 7) is 3.80. The van der Waals surface area contributed by atoms with Crippen LogP contribution < -0.4 is 4.74 Å². The maximum Gasteiger partial charge on any atom is 0.256 e. The minimum atomic E-state index is -0.826. The quantitative estimate of drug-likeness (QED) is 0.812. The summed E-state index contributed by atoms with van der Waals surface area (Å²) in [6, 6.07) is 4.24. The molecule has 0 aliphatic carbocycles. The van der Waals surface area contributed by atoms with E-state index in [-0.39, 0.29) is 5.88 Å². The normalized spacial score (nSPS) is 10.5. The van der Waals surface area contributed by atoms with Crippen molar-refractivity contribution in [2.75, 3.05) is 0 Å². The Bertz CT molecular complexity index is 579. The smallest absolute Gasteiger partial charge is 0.256 e. The Balaban J connectivity index is 2.34. The molecule has 1 aromatic heterocycles. The maximum atomic E-state index is 13.4. The lowest BCUT2D eigenvalue weighted by molar-refractivity contribution is 0.416. The van der Waals surface area contributed by atoms with Crippen LogP contribution in [0.15, 0.2) is 28.9 Å². The fourth-order valence-electron chi connectivity index (χ4n) is 1.55. The van der Waals surface area contributed by atoms with Crippen LogP contribution in [-0.4, -0.2) is 4.98 Å². The highest BCUT2D eigenvalue weighted by atomic mass is 79.9. The van der Waals surface area contributed by atoms with Gasteiger partial charge in [0.25, 0.3) is 5.88 Å². The van der Waals surface area contributed by atoms with Gasteiger partial charge in [0.1, 0.15) is 11.6 Å². The van der Waals surface area contributed by atoms with Crippen molar-refractivity contribution in [1.82, 2.24) is 4.98 Å². The average molecular weight is 314 g/mol. The lowest BCUT2D eigenvalue weighted by Crippen LogP contribution is -1.94. The third kappa shape index (κ3) is 2.67. The van der Waals surface area contributed by atoms with Crippen LogP contribution in [0.1, 0.15) is 11.1 Å². The summed E-state index contributed by atoms with van der Waals surface area (Å²) in [7, 11) is 0. The standard InChI is InChI=1S/C13H10BrF2NO/c1-7-3-10(4-8(2)12(7)14)18-13-11(16)5-9(15)6-17-13/h3-6H,1-2H3. The zero-order chi connectivity index (χ0) is 13.3. The van der Waals surface area contributed by atoms with Crippen molar-refractivity contribution in [3.05, 3.63) is 51.6 Å². The number of benzene rings is 1. The van der Waals surface area contributed by atoms with Crippen LogP contribution in [0.2, 0.25) is 0 Å². The van der Waals surface area contributed by atoms with E-state index < -0.39 is 11.6 Å². The topological polar surface area (TPSA) is 22.1 Å². The van der Waals surface area contributed by atoms with Crippen LogP contribution in [0.25, 0.3) is 0 Å². The summed E-state index contributed by atoms with van der Waals surface area (Å²) in [5.74, 6) is -1.33. The second-order valence-corrected chi connectivity index (χ2v) is 4.71. The first-order valence-corrected chi connectivity index (χ1v) is 6.02. The molecule has 94 valence electrons. The summed E-state index contributed by atoms with van der Waals surface area (Å²) in [5, 5.41) is 0. The van der Waals surface area contributed by atoms with Crippen molar-refractivity contribution >= 4 is 15.9 Å². The van der Waals surface area contributed by atoms with Gasteiger partial charge in [0.05, 0.1) is 6.20 Å². The number of rotatable bonds is 2. The third-order valence-corrected chi connectivity index (χ3v) is 3.65. The van der Waals surface area contributed by atoms with E-state index in [1.54, 1.807) is 12.1 Å². The highest BCUT2D eigenvalue weighted by Gasteiger charge is 2.10. The summed E-state index contributed by atoms with van der Waals surface area (Å²) < 4.78 is 32.4. The molecule has 0 aliphatic rings. The fourth-order valence-corrected chi connectivity index (χ4v) is 1.78. The van der Waals surface area contributed by atoms with Crippen molar-refractivity contribution in [1.29, 1.82) is 0 Å². The Kier molecular flexibility index (Phi) is 3.61. The van der Waals surface area contributed by atoms with Gasteiger partial charge in [-0.1, -0.05) is 15.9 Å². The summed E-state index contributed by atoms with van der Waals surface area (Å²) >= 11 is 3.43. The average Bonchev–Trinajstić information content (AvgIpc) is 2.29. The van der Waals surface area contributed by atoms with Gasteiger partial charge < -0.3 is 4.74 Å². The fraction of sp³-hybridized carbons (Fsp3) is 0.154. The molecule has 0 radical (unpaired) electrons. The molecule has 0 atom stereocenters. The van der Waals surface area contributed by atoms with E-state index in [1.807, 2.05) is 13.8 Å². The highest BCUT2D eigenvalue weighted by Crippen LogP contribution is 2.29. The number of hydrogen-bond acceptors (Lipinski definition) is 2. The van der Waals surface area contributed by atoms with Crippen molar-refractivity contribution in [3.8, 4) is 11.6 Å². The molecule has 0 aliphatic heterocycles. The number of ether oxygens (including phenoxy) is 1. The zero-order valence-corrected chi connectivity index (χ0v) is 11.4. The van der Waals surface area contributed by atoms with Gasteiger partial charge in [-0.15, -0.1) is 0 Å². The van der Waals surface area contributed by atoms with E-state index in [0.29, 0.717) is 5.75 Å². The Morgan fingerprint density at radius 2 is 1.72 bits per heavy atom. The van der Waals surface area contributed by atoms with Crippen molar-refractivity contribution < 1.29 is 13.5 Å². The van der Waals surface area contributed by atoms with E-state index >= 15 is 0 Å². The monoisotopic (exact) mass is 313 g/mol. The molecule has 5 heteroatoms. The molecule has 0 N–H and O–H groups in total. The van der Waals surface area contributed by atoms with E-state index in [1.165, 1.54) is 0 Å². The van der Waals surface area contributed by atoms with Gasteiger partial charge in [-0.05, 0) is 37.1 Å². The Morgan fingerprint density at radius 1 is 1.11 bits per heavy atom. The molecule has 0 spiro atoms. The summed E-state index contributed by atoms with van der Waals surface area (Å²) in [6.07, 6.45) is 0.914. The molecule has 0 fully saturated rings. The van der Waals surface area contributed by atoms with Crippen LogP contribution in [0.5, 0.6) is 11.6 Å². The molecule has 18 heavy (non-hydrogen) atoms. The van der Waals surface area contributed by atoms with Gasteiger partial charge in [-0.25, -0.2) is 13.8 Å². The number of aryl methyl sites for hydroxylation is 2. The number of halogens is 3. The van der Waals surface area contributed by atoms with Crippen LogP contribution >= 0.6 is 15.9 Å². The molecule has 2 aromatic rings. The number of aromatic nitrogens is 1. The molecular weight excluding hydrogens is 304 g/mol. The van der Waals surface area contributed by atoms with E-state index in [0.717, 1.165) is 27.9 Å². The minimum absolute atomic E-state index is 0.238. The van der Waals surface area contributed by atoms with Crippen LogP contribution in [0.4, 0.5) is 8.78 Å². The first kappa shape index (κ1) is 13.0. The second kappa shape index (κ2) is 5.02. The Hall–Kier alpha value is -1.49. The first-order valence-electron chi connectivity index (χ1n) is 5.23. The number of pyridine rings is 1. The lowest BCUT2D eigenvalue weighted by atomic mass is 10.1. The lowest BCUT2D eigenvalue weighted by Gasteiger charge is -2.09. The van der Waals surface area contributed by atoms with Gasteiger partial charge >= 0.3 is 0 Å². The Morgan fingerprint density at radius 3 is 2.28 bits per heavy atom. The van der Waals surface area contributed by atoms with Crippen molar-refractivity contribution in [3.63, 3.8) is 0 Å². The number of hydrogen-bond donors (Lipinski definition) is 0. The zero-order valence-electron chi connectivity index (χ0n) is 9.80. The van der Waals surface area contributed by atoms with Gasteiger partial charge in [-0.2, -0.15) is 0 Å². The van der Waals surface area contributed by atoms with E-state index in [9.17, 15) is 8.78 Å². The molecule has 0 bridgehead atoms. The van der Waals surface area contributed by atoms with Gasteiger partial charge in [0.2, 0.25) is 0 Å². The van der Waals surface area contributed by atoms with E-state index in [4.69, 9.17) is 4.74 Å². The molecule has 2 rings (SSSR count). The third-order valence-electron chi connectivity index (χ3n) is 2.40. The minimum Gasteiger partial charge on any atom is -0.436 e. The van der Waals surface area contributed by atoms with Crippen molar-refractivity contribution in [2.24, 2.45) is 0 Å². The van der Waals surface area contributed by atoms with Gasteiger partial charge in [0, 0.05) is 10.5 Å². The highest BCUT2D eigenvalue weighted by molar-refractivity contribution is 9.10. The molecule has 0 amide bonds. The van der Waals surface area contributed by atoms with Crippen LogP contribution in [0.3, 0.4) is 0 Å². The second-order valence-electron chi connectivity index (χ2n) is 3.91. The van der Waals surface area contributed by atoms with Crippen LogP contribution in [0, 0.1) is 25.5 Å². The maximum absolute atomic E-state index is 13.4. The summed E-state index contributed by atoms with van der Waals surface area (Å²) in [5.41, 5.74) is 1.93. The van der Waals surface area contributed by atoms with Gasteiger partial charge in [0.15, 0.2) is 5.82 Å². The molecule has 0 unspecified atom stereocenters. The Labute approximate surface area is 112 Å². The molecule has 2 nitrogen and oxygen atoms in total.